The second-order valence-corrected chi connectivity index (χ2v) is 1.71. The lowest BCUT2D eigenvalue weighted by Crippen LogP contribution is -2.27. The van der Waals surface area contributed by atoms with Crippen molar-refractivity contribution in [2.75, 3.05) is 20.8 Å². The summed E-state index contributed by atoms with van der Waals surface area (Å²) in [7, 11) is 1.30. The predicted octanol–water partition coefficient (Wildman–Crippen LogP) is -0.475. The Kier molecular flexibility index (Phi) is 7.36. The van der Waals surface area contributed by atoms with Crippen LogP contribution < -0.4 is 0 Å². The molecule has 0 aliphatic rings. The van der Waals surface area contributed by atoms with Gasteiger partial charge in [0.25, 0.3) is 6.48 Å². The molecule has 0 rings (SSSR count). The molecule has 0 amide bonds. The van der Waals surface area contributed by atoms with Gasteiger partial charge in [-0.05, 0) is 6.92 Å². The van der Waals surface area contributed by atoms with Crippen molar-refractivity contribution in [2.24, 2.45) is 0 Å². The van der Waals surface area contributed by atoms with Gasteiger partial charge in [0.15, 0.2) is 0 Å². The molecule has 0 saturated carbocycles. The van der Waals surface area contributed by atoms with Gasteiger partial charge in [-0.25, -0.2) is 4.81 Å². The second-order valence-electron chi connectivity index (χ2n) is 1.71. The van der Waals surface area contributed by atoms with E-state index in [0.29, 0.717) is 6.61 Å². The number of rotatable bonds is 7. The molecule has 0 bridgehead atoms. The lowest BCUT2D eigenvalue weighted by atomic mass is 10.3. The first-order valence-corrected chi connectivity index (χ1v) is 3.42. The summed E-state index contributed by atoms with van der Waals surface area (Å²) in [6, 6.07) is 0. The van der Waals surface area contributed by atoms with Crippen molar-refractivity contribution in [3.8, 4) is 0 Å². The van der Waals surface area contributed by atoms with Gasteiger partial charge in [0, 0.05) is 20.8 Å². The monoisotopic (exact) mass is 180 g/mol. The van der Waals surface area contributed by atoms with Crippen molar-refractivity contribution in [1.29, 1.82) is 0 Å². The van der Waals surface area contributed by atoms with E-state index in [9.17, 15) is 0 Å². The van der Waals surface area contributed by atoms with Crippen LogP contribution in [0.4, 0.5) is 0 Å². The summed E-state index contributed by atoms with van der Waals surface area (Å²) in [6.07, 6.45) is 0. The van der Waals surface area contributed by atoms with Crippen molar-refractivity contribution in [3.63, 3.8) is 0 Å². The molecule has 0 unspecified atom stereocenters. The van der Waals surface area contributed by atoms with Crippen molar-refractivity contribution < 1.29 is 28.8 Å². The molecule has 0 aliphatic carbocycles. The molecule has 72 valence electrons. The SMILES string of the molecule is CCOB(O)OOC(OC)OC. The highest BCUT2D eigenvalue weighted by Crippen LogP contribution is 1.96. The van der Waals surface area contributed by atoms with E-state index in [4.69, 9.17) is 5.02 Å². The van der Waals surface area contributed by atoms with Crippen LogP contribution >= 0.6 is 0 Å². The Labute approximate surface area is 71.4 Å². The summed E-state index contributed by atoms with van der Waals surface area (Å²) >= 11 is 0. The molecular weight excluding hydrogens is 167 g/mol. The van der Waals surface area contributed by atoms with Crippen LogP contribution in [-0.4, -0.2) is 39.6 Å². The quantitative estimate of drug-likeness (QED) is 0.247. The molecule has 1 N–H and O–H groups in total. The minimum absolute atomic E-state index is 0.315. The summed E-state index contributed by atoms with van der Waals surface area (Å²) in [4.78, 5) is 8.74. The van der Waals surface area contributed by atoms with E-state index in [1.165, 1.54) is 14.2 Å². The Hall–Kier alpha value is -0.175. The van der Waals surface area contributed by atoms with Crippen molar-refractivity contribution in [2.45, 2.75) is 13.4 Å². The summed E-state index contributed by atoms with van der Waals surface area (Å²) in [5.74, 6) is 0. The van der Waals surface area contributed by atoms with Crippen LogP contribution in [0.15, 0.2) is 0 Å². The molecule has 0 fully saturated rings. The van der Waals surface area contributed by atoms with Gasteiger partial charge in [-0.1, -0.05) is 0 Å². The highest BCUT2D eigenvalue weighted by Gasteiger charge is 2.19. The number of methoxy groups -OCH3 is 2. The van der Waals surface area contributed by atoms with E-state index < -0.39 is 13.8 Å². The van der Waals surface area contributed by atoms with Crippen LogP contribution in [0.5, 0.6) is 0 Å². The molecule has 0 spiro atoms. The zero-order valence-corrected chi connectivity index (χ0v) is 7.35. The Morgan fingerprint density at radius 1 is 1.33 bits per heavy atom. The fourth-order valence-corrected chi connectivity index (χ4v) is 0.438. The molecule has 12 heavy (non-hydrogen) atoms. The van der Waals surface area contributed by atoms with E-state index in [1.54, 1.807) is 6.92 Å². The van der Waals surface area contributed by atoms with Gasteiger partial charge in [-0.2, -0.15) is 4.89 Å². The summed E-state index contributed by atoms with van der Waals surface area (Å²) in [5.41, 5.74) is 0. The molecular formula is C5H13BO6. The summed E-state index contributed by atoms with van der Waals surface area (Å²) in [5, 5.41) is 8.81. The maximum absolute atomic E-state index is 8.81. The van der Waals surface area contributed by atoms with Crippen LogP contribution in [0.25, 0.3) is 0 Å². The molecule has 0 aromatic heterocycles. The van der Waals surface area contributed by atoms with Crippen LogP contribution in [-0.2, 0) is 23.8 Å². The molecule has 0 radical (unpaired) electrons. The van der Waals surface area contributed by atoms with E-state index in [1.807, 2.05) is 0 Å². The zero-order valence-electron chi connectivity index (χ0n) is 7.35. The lowest BCUT2D eigenvalue weighted by molar-refractivity contribution is -0.404. The lowest BCUT2D eigenvalue weighted by Gasteiger charge is -2.13. The third-order valence-corrected chi connectivity index (χ3v) is 0.911. The molecule has 0 saturated heterocycles. The maximum Gasteiger partial charge on any atom is 0.665 e. The van der Waals surface area contributed by atoms with Crippen LogP contribution in [0.1, 0.15) is 6.92 Å². The first-order valence-electron chi connectivity index (χ1n) is 3.42. The average Bonchev–Trinajstić information content (AvgIpc) is 2.07. The van der Waals surface area contributed by atoms with Crippen molar-refractivity contribution >= 4 is 7.32 Å². The standard InChI is InChI=1S/C5H13BO6/c1-4-10-6(7)12-11-5(8-2)9-3/h5,7H,4H2,1-3H3. The minimum Gasteiger partial charge on any atom is -0.400 e. The van der Waals surface area contributed by atoms with Crippen LogP contribution in [0, 0.1) is 0 Å². The third kappa shape index (κ3) is 5.47. The molecule has 0 aromatic carbocycles. The van der Waals surface area contributed by atoms with Crippen molar-refractivity contribution in [1.82, 2.24) is 0 Å². The minimum atomic E-state index is -1.43. The molecule has 0 aliphatic heterocycles. The predicted molar refractivity (Wildman–Crippen MR) is 39.6 cm³/mol. The van der Waals surface area contributed by atoms with Crippen molar-refractivity contribution in [3.05, 3.63) is 0 Å². The van der Waals surface area contributed by atoms with Gasteiger partial charge in [-0.15, -0.1) is 0 Å². The smallest absolute Gasteiger partial charge is 0.400 e. The van der Waals surface area contributed by atoms with E-state index in [0.717, 1.165) is 0 Å². The molecule has 6 nitrogen and oxygen atoms in total. The number of hydrogen-bond donors (Lipinski definition) is 1. The van der Waals surface area contributed by atoms with Gasteiger partial charge in [0.05, 0.1) is 0 Å². The highest BCUT2D eigenvalue weighted by atomic mass is 17.3. The first-order chi connectivity index (χ1) is 5.74. The van der Waals surface area contributed by atoms with Gasteiger partial charge in [0.1, 0.15) is 0 Å². The second kappa shape index (κ2) is 7.47. The summed E-state index contributed by atoms with van der Waals surface area (Å²) in [6.45, 7) is 1.05. The Balaban J connectivity index is 3.37. The normalized spacial score (nSPS) is 10.8. The van der Waals surface area contributed by atoms with Gasteiger partial charge in [0.2, 0.25) is 0 Å². The third-order valence-electron chi connectivity index (χ3n) is 0.911. The molecule has 0 aromatic rings. The number of hydrogen-bond acceptors (Lipinski definition) is 6. The highest BCUT2D eigenvalue weighted by molar-refractivity contribution is 6.34. The summed E-state index contributed by atoms with van der Waals surface area (Å²) < 4.78 is 13.8. The first kappa shape index (κ1) is 11.8. The van der Waals surface area contributed by atoms with Crippen LogP contribution in [0.2, 0.25) is 0 Å². The van der Waals surface area contributed by atoms with E-state index in [2.05, 4.69) is 23.8 Å². The Bertz CT molecular complexity index is 97.9. The fourth-order valence-electron chi connectivity index (χ4n) is 0.438. The zero-order chi connectivity index (χ0) is 9.40. The van der Waals surface area contributed by atoms with E-state index in [-0.39, 0.29) is 0 Å². The largest absolute Gasteiger partial charge is 0.665 e. The fraction of sp³-hybridized carbons (Fsp3) is 1.00. The van der Waals surface area contributed by atoms with Crippen LogP contribution in [0.3, 0.4) is 0 Å². The van der Waals surface area contributed by atoms with Gasteiger partial charge >= 0.3 is 7.32 Å². The molecule has 7 heteroatoms. The Morgan fingerprint density at radius 3 is 2.33 bits per heavy atom. The maximum atomic E-state index is 8.81. The Morgan fingerprint density at radius 2 is 1.92 bits per heavy atom. The molecule has 0 atom stereocenters. The molecule has 0 heterocycles. The number of ether oxygens (including phenoxy) is 2. The van der Waals surface area contributed by atoms with Gasteiger partial charge in [-0.3, -0.25) is 0 Å². The van der Waals surface area contributed by atoms with Gasteiger partial charge < -0.3 is 19.2 Å². The topological polar surface area (TPSA) is 66.4 Å². The van der Waals surface area contributed by atoms with E-state index >= 15 is 0 Å². The average molecular weight is 180 g/mol.